The molecule has 0 spiro atoms. The number of aliphatic hydroxyl groups excluding tert-OH is 1. The van der Waals surface area contributed by atoms with E-state index in [1.807, 2.05) is 0 Å². The smallest absolute Gasteiger partial charge is 0.0900 e. The highest BCUT2D eigenvalue weighted by atomic mass is 16.5. The minimum atomic E-state index is -0.337. The molecule has 1 saturated carbocycles. The van der Waals surface area contributed by atoms with Gasteiger partial charge in [0.1, 0.15) is 0 Å². The lowest BCUT2D eigenvalue weighted by molar-refractivity contribution is -0.0439. The highest BCUT2D eigenvalue weighted by Crippen LogP contribution is 2.28. The standard InChI is InChI=1S/C16H31NO2/c1-12-6-4-9-16(12)19-11-15(18)10-17-13(2)7-5-8-14(17)3/h12-16,18H,4-11H2,1-3H3/t12-,13-,14+,15-,16+/m1/s1. The van der Waals surface area contributed by atoms with Gasteiger partial charge in [-0.1, -0.05) is 19.8 Å². The highest BCUT2D eigenvalue weighted by molar-refractivity contribution is 4.82. The Labute approximate surface area is 118 Å². The maximum absolute atomic E-state index is 10.2. The van der Waals surface area contributed by atoms with Crippen molar-refractivity contribution >= 4 is 0 Å². The van der Waals surface area contributed by atoms with Crippen molar-refractivity contribution in [3.63, 3.8) is 0 Å². The largest absolute Gasteiger partial charge is 0.389 e. The minimum absolute atomic E-state index is 0.337. The average molecular weight is 269 g/mol. The summed E-state index contributed by atoms with van der Waals surface area (Å²) in [7, 11) is 0. The molecule has 2 fully saturated rings. The molecular formula is C16H31NO2. The van der Waals surface area contributed by atoms with Crippen molar-refractivity contribution in [2.24, 2.45) is 5.92 Å². The molecule has 2 rings (SSSR count). The molecular weight excluding hydrogens is 238 g/mol. The molecule has 0 amide bonds. The van der Waals surface area contributed by atoms with Crippen molar-refractivity contribution in [1.29, 1.82) is 0 Å². The minimum Gasteiger partial charge on any atom is -0.389 e. The molecule has 3 nitrogen and oxygen atoms in total. The van der Waals surface area contributed by atoms with E-state index >= 15 is 0 Å². The zero-order valence-electron chi connectivity index (χ0n) is 12.8. The van der Waals surface area contributed by atoms with Gasteiger partial charge in [0.05, 0.1) is 18.8 Å². The number of β-amino-alcohol motifs (C(OH)–C–C–N with tert-alkyl or cyclic N) is 1. The molecule has 0 aromatic carbocycles. The summed E-state index contributed by atoms with van der Waals surface area (Å²) in [6.45, 7) is 8.10. The summed E-state index contributed by atoms with van der Waals surface area (Å²) in [5, 5.41) is 10.2. The first-order chi connectivity index (χ1) is 9.08. The zero-order valence-corrected chi connectivity index (χ0v) is 12.8. The van der Waals surface area contributed by atoms with Crippen LogP contribution in [-0.2, 0) is 4.74 Å². The average Bonchev–Trinajstić information content (AvgIpc) is 2.77. The zero-order chi connectivity index (χ0) is 13.8. The third-order valence-electron chi connectivity index (χ3n) is 5.08. The van der Waals surface area contributed by atoms with E-state index in [2.05, 4.69) is 25.7 Å². The van der Waals surface area contributed by atoms with E-state index in [0.29, 0.717) is 30.7 Å². The Kier molecular flexibility index (Phi) is 5.67. The molecule has 2 aliphatic rings. The molecule has 1 N–H and O–H groups in total. The fraction of sp³-hybridized carbons (Fsp3) is 1.00. The number of aliphatic hydroxyl groups is 1. The first-order valence-electron chi connectivity index (χ1n) is 8.13. The molecule has 1 aliphatic carbocycles. The fourth-order valence-corrected chi connectivity index (χ4v) is 3.72. The summed E-state index contributed by atoms with van der Waals surface area (Å²) in [5.41, 5.74) is 0. The maximum atomic E-state index is 10.2. The van der Waals surface area contributed by atoms with Crippen LogP contribution in [-0.4, -0.2) is 47.4 Å². The van der Waals surface area contributed by atoms with Gasteiger partial charge in [-0.25, -0.2) is 0 Å². The second-order valence-electron chi connectivity index (χ2n) is 6.76. The lowest BCUT2D eigenvalue weighted by Gasteiger charge is -2.40. The quantitative estimate of drug-likeness (QED) is 0.833. The summed E-state index contributed by atoms with van der Waals surface area (Å²) in [6.07, 6.45) is 7.62. The molecule has 3 heteroatoms. The summed E-state index contributed by atoms with van der Waals surface area (Å²) in [5.74, 6) is 0.667. The Bertz CT molecular complexity index is 261. The number of hydrogen-bond acceptors (Lipinski definition) is 3. The van der Waals surface area contributed by atoms with E-state index in [1.165, 1.54) is 38.5 Å². The van der Waals surface area contributed by atoms with E-state index < -0.39 is 0 Å². The van der Waals surface area contributed by atoms with Gasteiger partial charge in [-0.3, -0.25) is 4.90 Å². The van der Waals surface area contributed by atoms with Crippen LogP contribution in [0.2, 0.25) is 0 Å². The van der Waals surface area contributed by atoms with Crippen LogP contribution in [0.1, 0.15) is 59.3 Å². The van der Waals surface area contributed by atoms with Crippen LogP contribution in [0.15, 0.2) is 0 Å². The van der Waals surface area contributed by atoms with E-state index in [0.717, 1.165) is 6.54 Å². The van der Waals surface area contributed by atoms with E-state index in [4.69, 9.17) is 4.74 Å². The lowest BCUT2D eigenvalue weighted by Crippen LogP contribution is -2.48. The van der Waals surface area contributed by atoms with Crippen LogP contribution < -0.4 is 0 Å². The normalized spacial score (nSPS) is 38.5. The van der Waals surface area contributed by atoms with Gasteiger partial charge >= 0.3 is 0 Å². The summed E-state index contributed by atoms with van der Waals surface area (Å²) < 4.78 is 5.91. The van der Waals surface area contributed by atoms with Crippen LogP contribution >= 0.6 is 0 Å². The summed E-state index contributed by atoms with van der Waals surface area (Å²) >= 11 is 0. The van der Waals surface area contributed by atoms with Gasteiger partial charge < -0.3 is 9.84 Å². The molecule has 0 unspecified atom stereocenters. The highest BCUT2D eigenvalue weighted by Gasteiger charge is 2.28. The molecule has 19 heavy (non-hydrogen) atoms. The molecule has 1 heterocycles. The van der Waals surface area contributed by atoms with Gasteiger partial charge in [-0.05, 0) is 45.4 Å². The molecule has 0 aromatic heterocycles. The van der Waals surface area contributed by atoms with Crippen molar-refractivity contribution in [3.8, 4) is 0 Å². The topological polar surface area (TPSA) is 32.7 Å². The third kappa shape index (κ3) is 4.17. The second kappa shape index (κ2) is 7.05. The molecule has 0 aromatic rings. The Morgan fingerprint density at radius 2 is 1.68 bits per heavy atom. The van der Waals surface area contributed by atoms with Crippen molar-refractivity contribution in [1.82, 2.24) is 4.90 Å². The van der Waals surface area contributed by atoms with Crippen molar-refractivity contribution in [2.45, 2.75) is 83.6 Å². The van der Waals surface area contributed by atoms with Crippen LogP contribution in [0, 0.1) is 5.92 Å². The number of likely N-dealkylation sites (tertiary alicyclic amines) is 1. The molecule has 0 bridgehead atoms. The number of piperidine rings is 1. The van der Waals surface area contributed by atoms with Gasteiger partial charge in [0.25, 0.3) is 0 Å². The molecule has 0 radical (unpaired) electrons. The van der Waals surface area contributed by atoms with Crippen LogP contribution in [0.4, 0.5) is 0 Å². The monoisotopic (exact) mass is 269 g/mol. The van der Waals surface area contributed by atoms with Gasteiger partial charge in [0.15, 0.2) is 0 Å². The number of ether oxygens (including phenoxy) is 1. The van der Waals surface area contributed by atoms with E-state index in [1.54, 1.807) is 0 Å². The van der Waals surface area contributed by atoms with Crippen molar-refractivity contribution < 1.29 is 9.84 Å². The third-order valence-corrected chi connectivity index (χ3v) is 5.08. The first kappa shape index (κ1) is 15.3. The van der Waals surface area contributed by atoms with Crippen LogP contribution in [0.3, 0.4) is 0 Å². The van der Waals surface area contributed by atoms with Gasteiger partial charge in [0, 0.05) is 18.6 Å². The Balaban J connectivity index is 1.72. The van der Waals surface area contributed by atoms with E-state index in [-0.39, 0.29) is 6.10 Å². The molecule has 5 atom stereocenters. The molecule has 1 aliphatic heterocycles. The Morgan fingerprint density at radius 3 is 2.26 bits per heavy atom. The predicted octanol–water partition coefficient (Wildman–Crippen LogP) is 2.82. The molecule has 1 saturated heterocycles. The fourth-order valence-electron chi connectivity index (χ4n) is 3.72. The van der Waals surface area contributed by atoms with Gasteiger partial charge in [-0.2, -0.15) is 0 Å². The van der Waals surface area contributed by atoms with E-state index in [9.17, 15) is 5.11 Å². The second-order valence-corrected chi connectivity index (χ2v) is 6.76. The number of rotatable bonds is 5. The Morgan fingerprint density at radius 1 is 1.05 bits per heavy atom. The lowest BCUT2D eigenvalue weighted by atomic mass is 9.97. The summed E-state index contributed by atoms with van der Waals surface area (Å²) in [4.78, 5) is 2.45. The summed E-state index contributed by atoms with van der Waals surface area (Å²) in [6, 6.07) is 1.20. The predicted molar refractivity (Wildman–Crippen MR) is 78.2 cm³/mol. The Hall–Kier alpha value is -0.120. The van der Waals surface area contributed by atoms with Gasteiger partial charge in [-0.15, -0.1) is 0 Å². The van der Waals surface area contributed by atoms with Crippen LogP contribution in [0.25, 0.3) is 0 Å². The number of nitrogens with zero attached hydrogens (tertiary/aromatic N) is 1. The SMILES string of the molecule is C[C@@H]1CCC[C@@H]1OC[C@H](O)CN1[C@H](C)CCC[C@@H]1C. The van der Waals surface area contributed by atoms with Gasteiger partial charge in [0.2, 0.25) is 0 Å². The van der Waals surface area contributed by atoms with Crippen LogP contribution in [0.5, 0.6) is 0 Å². The first-order valence-corrected chi connectivity index (χ1v) is 8.13. The van der Waals surface area contributed by atoms with Crippen molar-refractivity contribution in [3.05, 3.63) is 0 Å². The number of hydrogen-bond donors (Lipinski definition) is 1. The van der Waals surface area contributed by atoms with Crippen molar-refractivity contribution in [2.75, 3.05) is 13.2 Å². The molecule has 112 valence electrons. The maximum Gasteiger partial charge on any atom is 0.0900 e.